The van der Waals surface area contributed by atoms with Crippen molar-refractivity contribution in [3.05, 3.63) is 10.1 Å². The van der Waals surface area contributed by atoms with Crippen molar-refractivity contribution < 1.29 is 23.8 Å². The van der Waals surface area contributed by atoms with Crippen LogP contribution < -0.4 is 5.32 Å². The van der Waals surface area contributed by atoms with Gasteiger partial charge in [0, 0.05) is 0 Å². The number of alkyl halides is 1. The Morgan fingerprint density at radius 2 is 2.16 bits per heavy atom. The maximum atomic E-state index is 13.2. The molecule has 0 heterocycles. The molecule has 1 N–H and O–H groups in total. The quantitative estimate of drug-likeness (QED) is 0.215. The first kappa shape index (κ1) is 17.6. The Morgan fingerprint density at radius 1 is 1.53 bits per heavy atom. The van der Waals surface area contributed by atoms with E-state index in [-0.39, 0.29) is 6.42 Å². The molecular weight excluding hydrogens is 259 g/mol. The van der Waals surface area contributed by atoms with Gasteiger partial charge in [0.1, 0.15) is 12.2 Å². The van der Waals surface area contributed by atoms with E-state index in [1.165, 1.54) is 14.0 Å². The predicted molar refractivity (Wildman–Crippen MR) is 65.5 cm³/mol. The molecule has 7 nitrogen and oxygen atoms in total. The highest BCUT2D eigenvalue weighted by Gasteiger charge is 2.39. The van der Waals surface area contributed by atoms with Crippen LogP contribution in [-0.4, -0.2) is 36.6 Å². The molecule has 0 rings (SSSR count). The third kappa shape index (κ3) is 5.82. The van der Waals surface area contributed by atoms with Gasteiger partial charge in [0.25, 0.3) is 5.09 Å². The maximum Gasteiger partial charge on any atom is 0.331 e. The summed E-state index contributed by atoms with van der Waals surface area (Å²) >= 11 is 0. The second kappa shape index (κ2) is 8.63. The average molecular weight is 280 g/mol. The Balaban J connectivity index is 4.58. The molecule has 0 saturated carbocycles. The van der Waals surface area contributed by atoms with Gasteiger partial charge in [-0.3, -0.25) is 4.84 Å². The zero-order valence-corrected chi connectivity index (χ0v) is 11.5. The molecule has 0 radical (unpaired) electrons. The molecule has 2 atom stereocenters. The van der Waals surface area contributed by atoms with E-state index in [9.17, 15) is 19.3 Å². The van der Waals surface area contributed by atoms with Crippen LogP contribution in [0.5, 0.6) is 0 Å². The van der Waals surface area contributed by atoms with Gasteiger partial charge in [0.05, 0.1) is 0 Å². The van der Waals surface area contributed by atoms with E-state index in [1.54, 1.807) is 0 Å². The van der Waals surface area contributed by atoms with Gasteiger partial charge in [0.15, 0.2) is 0 Å². The molecule has 0 aromatic rings. The average Bonchev–Trinajstić information content (AvgIpc) is 2.34. The van der Waals surface area contributed by atoms with Crippen LogP contribution in [0.1, 0.15) is 39.5 Å². The highest BCUT2D eigenvalue weighted by Crippen LogP contribution is 2.19. The Hall–Kier alpha value is -1.44. The first-order valence-corrected chi connectivity index (χ1v) is 6.19. The van der Waals surface area contributed by atoms with Gasteiger partial charge in [-0.2, -0.15) is 0 Å². The first-order chi connectivity index (χ1) is 8.91. The van der Waals surface area contributed by atoms with Crippen LogP contribution in [0.2, 0.25) is 0 Å². The Kier molecular flexibility index (Phi) is 7.97. The molecule has 0 spiro atoms. The Bertz CT molecular complexity index is 297. The lowest BCUT2D eigenvalue weighted by Gasteiger charge is -2.29. The minimum atomic E-state index is -1.47. The largest absolute Gasteiger partial charge is 0.434 e. The van der Waals surface area contributed by atoms with Crippen molar-refractivity contribution in [2.24, 2.45) is 0 Å². The summed E-state index contributed by atoms with van der Waals surface area (Å²) < 4.78 is 17.9. The van der Waals surface area contributed by atoms with E-state index in [0.717, 1.165) is 12.8 Å². The number of carbonyl (C=O) groups is 1. The Labute approximate surface area is 111 Å². The fourth-order valence-corrected chi connectivity index (χ4v) is 1.60. The second-order valence-corrected chi connectivity index (χ2v) is 4.22. The summed E-state index contributed by atoms with van der Waals surface area (Å²) in [7, 11) is 1.45. The summed E-state index contributed by atoms with van der Waals surface area (Å²) in [5.41, 5.74) is -1.47. The second-order valence-electron chi connectivity index (χ2n) is 4.22. The van der Waals surface area contributed by atoms with Crippen LogP contribution in [0.15, 0.2) is 0 Å². The first-order valence-electron chi connectivity index (χ1n) is 6.19. The van der Waals surface area contributed by atoms with Gasteiger partial charge < -0.3 is 10.1 Å². The lowest BCUT2D eigenvalue weighted by molar-refractivity contribution is -0.777. The number of rotatable bonds is 10. The summed E-state index contributed by atoms with van der Waals surface area (Å²) in [6, 6.07) is 0. The number of hydrogen-bond acceptors (Lipinski definition) is 6. The van der Waals surface area contributed by atoms with Crippen LogP contribution >= 0.6 is 0 Å². The fourth-order valence-electron chi connectivity index (χ4n) is 1.60. The van der Waals surface area contributed by atoms with Gasteiger partial charge in [-0.05, 0) is 20.4 Å². The zero-order valence-electron chi connectivity index (χ0n) is 11.5. The van der Waals surface area contributed by atoms with Gasteiger partial charge in [-0.25, -0.2) is 9.18 Å². The van der Waals surface area contributed by atoms with Crippen LogP contribution in [0, 0.1) is 10.1 Å². The molecule has 0 amide bonds. The van der Waals surface area contributed by atoms with Gasteiger partial charge in [0.2, 0.25) is 6.29 Å². The van der Waals surface area contributed by atoms with Gasteiger partial charge in [-0.15, -0.1) is 10.1 Å². The SMILES string of the molecule is CCCCC[C@](CF)(NC)C(=O)OC(C)O[N+](=O)[O-]. The van der Waals surface area contributed by atoms with E-state index >= 15 is 0 Å². The molecule has 19 heavy (non-hydrogen) atoms. The summed E-state index contributed by atoms with van der Waals surface area (Å²) in [6.45, 7) is 2.24. The fraction of sp³-hybridized carbons (Fsp3) is 0.909. The van der Waals surface area contributed by atoms with Crippen molar-refractivity contribution in [3.63, 3.8) is 0 Å². The van der Waals surface area contributed by atoms with Gasteiger partial charge in [-0.1, -0.05) is 26.2 Å². The van der Waals surface area contributed by atoms with Crippen LogP contribution in [0.4, 0.5) is 4.39 Å². The number of unbranched alkanes of at least 4 members (excludes halogenated alkanes) is 2. The summed E-state index contributed by atoms with van der Waals surface area (Å²) in [5.74, 6) is -0.886. The van der Waals surface area contributed by atoms with Crippen molar-refractivity contribution in [1.29, 1.82) is 0 Å². The zero-order chi connectivity index (χ0) is 14.9. The van der Waals surface area contributed by atoms with Crippen molar-refractivity contribution in [1.82, 2.24) is 5.32 Å². The third-order valence-electron chi connectivity index (χ3n) is 2.81. The maximum absolute atomic E-state index is 13.2. The lowest BCUT2D eigenvalue weighted by Crippen LogP contribution is -2.54. The number of nitrogens with zero attached hydrogens (tertiary/aromatic N) is 1. The molecule has 0 aromatic heterocycles. The molecule has 0 aliphatic heterocycles. The van der Waals surface area contributed by atoms with Crippen LogP contribution in [0.3, 0.4) is 0 Å². The molecule has 0 bridgehead atoms. The monoisotopic (exact) mass is 280 g/mol. The van der Waals surface area contributed by atoms with E-state index in [2.05, 4.69) is 10.2 Å². The molecule has 0 aliphatic carbocycles. The minimum absolute atomic E-state index is 0.262. The number of ether oxygens (including phenoxy) is 1. The van der Waals surface area contributed by atoms with Crippen molar-refractivity contribution in [3.8, 4) is 0 Å². The molecule has 0 aromatic carbocycles. The van der Waals surface area contributed by atoms with Crippen LogP contribution in [-0.2, 0) is 14.4 Å². The molecule has 0 fully saturated rings. The number of nitrogens with one attached hydrogen (secondary N) is 1. The predicted octanol–water partition coefficient (Wildman–Crippen LogP) is 1.59. The smallest absolute Gasteiger partial charge is 0.331 e. The van der Waals surface area contributed by atoms with E-state index in [4.69, 9.17) is 4.74 Å². The van der Waals surface area contributed by atoms with Crippen molar-refractivity contribution >= 4 is 5.97 Å². The third-order valence-corrected chi connectivity index (χ3v) is 2.81. The number of esters is 1. The van der Waals surface area contributed by atoms with Gasteiger partial charge >= 0.3 is 5.97 Å². The number of likely N-dealkylation sites (N-methyl/N-ethyl adjacent to an activating group) is 1. The molecule has 0 aliphatic rings. The summed E-state index contributed by atoms with van der Waals surface area (Å²) in [6.07, 6.45) is 1.34. The lowest BCUT2D eigenvalue weighted by atomic mass is 9.94. The normalized spacial score (nSPS) is 15.4. The van der Waals surface area contributed by atoms with E-state index in [0.29, 0.717) is 6.42 Å². The minimum Gasteiger partial charge on any atom is -0.434 e. The molecule has 1 unspecified atom stereocenters. The van der Waals surface area contributed by atoms with E-state index in [1.807, 2.05) is 6.92 Å². The molecular formula is C11H21FN2O5. The topological polar surface area (TPSA) is 90.7 Å². The molecule has 8 heteroatoms. The molecule has 112 valence electrons. The Morgan fingerprint density at radius 3 is 2.58 bits per heavy atom. The highest BCUT2D eigenvalue weighted by molar-refractivity contribution is 5.81. The number of halogens is 1. The molecule has 0 saturated heterocycles. The number of hydrogen-bond donors (Lipinski definition) is 1. The van der Waals surface area contributed by atoms with Crippen molar-refractivity contribution in [2.75, 3.05) is 13.7 Å². The highest BCUT2D eigenvalue weighted by atomic mass is 19.1. The van der Waals surface area contributed by atoms with E-state index < -0.39 is 29.6 Å². The number of carbonyl (C=O) groups excluding carboxylic acids is 1. The standard InChI is InChI=1S/C11H21FN2O5/c1-4-5-6-7-11(8-12,13-3)10(15)18-9(2)19-14(16)17/h9,13H,4-8H2,1-3H3/t9?,11-/m1/s1. The van der Waals surface area contributed by atoms with Crippen LogP contribution in [0.25, 0.3) is 0 Å². The summed E-state index contributed by atoms with van der Waals surface area (Å²) in [5, 5.41) is 11.6. The van der Waals surface area contributed by atoms with Crippen molar-refractivity contribution in [2.45, 2.75) is 51.4 Å². The summed E-state index contributed by atoms with van der Waals surface area (Å²) in [4.78, 5) is 26.0.